The molecule has 2 rings (SSSR count). The lowest BCUT2D eigenvalue weighted by molar-refractivity contribution is 0.0393. The number of nitrogens with zero attached hydrogens (tertiary/aromatic N) is 2. The minimum atomic E-state index is 0.416. The number of aromatic nitrogens is 2. The van der Waals surface area contributed by atoms with Crippen LogP contribution in [0.25, 0.3) is 0 Å². The van der Waals surface area contributed by atoms with Gasteiger partial charge in [0.05, 0.1) is 23.0 Å². The summed E-state index contributed by atoms with van der Waals surface area (Å²) < 4.78 is 7.68. The highest BCUT2D eigenvalue weighted by molar-refractivity contribution is 6.31. The Morgan fingerprint density at radius 2 is 2.30 bits per heavy atom. The van der Waals surface area contributed by atoms with Gasteiger partial charge in [-0.05, 0) is 39.2 Å². The lowest BCUT2D eigenvalue weighted by atomic mass is 9.90. The third kappa shape index (κ3) is 3.54. The van der Waals surface area contributed by atoms with Crippen LogP contribution in [0.1, 0.15) is 38.1 Å². The Hall–Kier alpha value is -0.580. The second-order valence-electron chi connectivity index (χ2n) is 5.51. The Bertz CT molecular complexity index is 427. The quantitative estimate of drug-likeness (QED) is 0.878. The molecular formula is C15H26ClN3O. The second kappa shape index (κ2) is 7.43. The number of rotatable bonds is 6. The molecule has 1 aliphatic heterocycles. The first-order valence-corrected chi connectivity index (χ1v) is 8.08. The molecule has 0 aliphatic carbocycles. The van der Waals surface area contributed by atoms with Crippen molar-refractivity contribution in [1.82, 2.24) is 15.1 Å². The van der Waals surface area contributed by atoms with Crippen molar-refractivity contribution in [2.45, 2.75) is 52.6 Å². The Balaban J connectivity index is 2.14. The number of halogens is 1. The topological polar surface area (TPSA) is 39.1 Å². The molecule has 0 aromatic carbocycles. The van der Waals surface area contributed by atoms with Gasteiger partial charge in [0.1, 0.15) is 0 Å². The van der Waals surface area contributed by atoms with Gasteiger partial charge in [-0.3, -0.25) is 4.68 Å². The number of hydrogen-bond donors (Lipinski definition) is 1. The molecule has 1 fully saturated rings. The molecule has 114 valence electrons. The Morgan fingerprint density at radius 1 is 1.50 bits per heavy atom. The zero-order valence-electron chi connectivity index (χ0n) is 12.8. The van der Waals surface area contributed by atoms with Gasteiger partial charge in [0, 0.05) is 25.6 Å². The fourth-order valence-corrected chi connectivity index (χ4v) is 3.24. The van der Waals surface area contributed by atoms with Crippen molar-refractivity contribution in [3.05, 3.63) is 16.4 Å². The van der Waals surface area contributed by atoms with E-state index in [0.29, 0.717) is 12.0 Å². The van der Waals surface area contributed by atoms with E-state index in [0.717, 1.165) is 55.6 Å². The second-order valence-corrected chi connectivity index (χ2v) is 5.89. The highest BCUT2D eigenvalue weighted by atomic mass is 35.5. The monoisotopic (exact) mass is 299 g/mol. The van der Waals surface area contributed by atoms with E-state index in [-0.39, 0.29) is 0 Å². The van der Waals surface area contributed by atoms with Crippen LogP contribution in [0.2, 0.25) is 5.02 Å². The molecule has 20 heavy (non-hydrogen) atoms. The van der Waals surface area contributed by atoms with Gasteiger partial charge in [0.25, 0.3) is 0 Å². The molecular weight excluding hydrogens is 274 g/mol. The molecule has 0 spiro atoms. The predicted molar refractivity (Wildman–Crippen MR) is 82.4 cm³/mol. The Labute approximate surface area is 126 Å². The van der Waals surface area contributed by atoms with Crippen LogP contribution < -0.4 is 5.32 Å². The lowest BCUT2D eigenvalue weighted by Gasteiger charge is -2.31. The molecule has 2 unspecified atom stereocenters. The average Bonchev–Trinajstić information content (AvgIpc) is 2.75. The maximum absolute atomic E-state index is 6.43. The molecule has 2 heterocycles. The number of nitrogens with one attached hydrogen (secondary N) is 1. The maximum atomic E-state index is 6.43. The van der Waals surface area contributed by atoms with E-state index in [1.807, 2.05) is 11.6 Å². The molecule has 1 aromatic heterocycles. The molecule has 2 atom stereocenters. The van der Waals surface area contributed by atoms with E-state index in [1.165, 1.54) is 6.42 Å². The van der Waals surface area contributed by atoms with Gasteiger partial charge in [-0.15, -0.1) is 0 Å². The average molecular weight is 300 g/mol. The van der Waals surface area contributed by atoms with E-state index < -0.39 is 0 Å². The fourth-order valence-electron chi connectivity index (χ4n) is 3.02. The number of aryl methyl sites for hydroxylation is 2. The summed E-state index contributed by atoms with van der Waals surface area (Å²) >= 11 is 6.43. The summed E-state index contributed by atoms with van der Waals surface area (Å²) in [5.74, 6) is 0.570. The molecule has 4 nitrogen and oxygen atoms in total. The molecule has 1 N–H and O–H groups in total. The third-order valence-electron chi connectivity index (χ3n) is 4.10. The Kier molecular flexibility index (Phi) is 5.87. The van der Waals surface area contributed by atoms with Gasteiger partial charge in [-0.1, -0.05) is 18.5 Å². The van der Waals surface area contributed by atoms with Gasteiger partial charge < -0.3 is 10.1 Å². The highest BCUT2D eigenvalue weighted by Gasteiger charge is 2.26. The van der Waals surface area contributed by atoms with Crippen molar-refractivity contribution in [2.24, 2.45) is 5.92 Å². The summed E-state index contributed by atoms with van der Waals surface area (Å²) in [6.45, 7) is 9.83. The van der Waals surface area contributed by atoms with Crippen LogP contribution in [0.3, 0.4) is 0 Å². The van der Waals surface area contributed by atoms with Gasteiger partial charge in [-0.2, -0.15) is 5.10 Å². The van der Waals surface area contributed by atoms with Crippen LogP contribution in [0.5, 0.6) is 0 Å². The van der Waals surface area contributed by atoms with Crippen molar-refractivity contribution >= 4 is 11.6 Å². The van der Waals surface area contributed by atoms with Gasteiger partial charge >= 0.3 is 0 Å². The summed E-state index contributed by atoms with van der Waals surface area (Å²) in [7, 11) is 0. The van der Waals surface area contributed by atoms with Crippen LogP contribution in [0.15, 0.2) is 0 Å². The molecule has 0 radical (unpaired) electrons. The summed E-state index contributed by atoms with van der Waals surface area (Å²) in [6.07, 6.45) is 3.32. The largest absolute Gasteiger partial charge is 0.381 e. The van der Waals surface area contributed by atoms with E-state index in [2.05, 4.69) is 24.3 Å². The maximum Gasteiger partial charge on any atom is 0.0847 e. The molecule has 1 aromatic rings. The molecule has 0 saturated carbocycles. The van der Waals surface area contributed by atoms with Crippen LogP contribution >= 0.6 is 11.6 Å². The van der Waals surface area contributed by atoms with Crippen LogP contribution in [0.4, 0.5) is 0 Å². The highest BCUT2D eigenvalue weighted by Crippen LogP contribution is 2.26. The minimum absolute atomic E-state index is 0.416. The summed E-state index contributed by atoms with van der Waals surface area (Å²) in [5, 5.41) is 8.95. The normalized spacial score (nSPS) is 21.1. The summed E-state index contributed by atoms with van der Waals surface area (Å²) in [4.78, 5) is 0. The third-order valence-corrected chi connectivity index (χ3v) is 4.59. The van der Waals surface area contributed by atoms with Gasteiger partial charge in [0.2, 0.25) is 0 Å². The standard InChI is InChI=1S/C15H26ClN3O/c1-4-17-13(12-7-6-8-20-10-12)9-14-15(16)11(3)18-19(14)5-2/h12-13,17H,4-10H2,1-3H3. The number of hydrogen-bond acceptors (Lipinski definition) is 3. The SMILES string of the molecule is CCNC(Cc1c(Cl)c(C)nn1CC)C1CCCOC1. The van der Waals surface area contributed by atoms with E-state index in [4.69, 9.17) is 16.3 Å². The molecule has 5 heteroatoms. The first-order valence-electron chi connectivity index (χ1n) is 7.70. The van der Waals surface area contributed by atoms with Crippen molar-refractivity contribution in [2.75, 3.05) is 19.8 Å². The van der Waals surface area contributed by atoms with Crippen molar-refractivity contribution in [3.63, 3.8) is 0 Å². The van der Waals surface area contributed by atoms with Gasteiger partial charge in [-0.25, -0.2) is 0 Å². The van der Waals surface area contributed by atoms with Gasteiger partial charge in [0.15, 0.2) is 0 Å². The van der Waals surface area contributed by atoms with Crippen molar-refractivity contribution in [3.8, 4) is 0 Å². The predicted octanol–water partition coefficient (Wildman–Crippen LogP) is 2.81. The zero-order chi connectivity index (χ0) is 14.5. The zero-order valence-corrected chi connectivity index (χ0v) is 13.5. The van der Waals surface area contributed by atoms with Crippen LogP contribution in [0, 0.1) is 12.8 Å². The summed E-state index contributed by atoms with van der Waals surface area (Å²) in [5.41, 5.74) is 2.09. The van der Waals surface area contributed by atoms with Crippen LogP contribution in [-0.4, -0.2) is 35.6 Å². The number of likely N-dealkylation sites (N-methyl/N-ethyl adjacent to an activating group) is 1. The van der Waals surface area contributed by atoms with E-state index in [9.17, 15) is 0 Å². The molecule has 1 aliphatic rings. The van der Waals surface area contributed by atoms with Crippen molar-refractivity contribution < 1.29 is 4.74 Å². The minimum Gasteiger partial charge on any atom is -0.381 e. The first-order chi connectivity index (χ1) is 9.67. The van der Waals surface area contributed by atoms with Crippen LogP contribution in [-0.2, 0) is 17.7 Å². The molecule has 0 amide bonds. The van der Waals surface area contributed by atoms with E-state index >= 15 is 0 Å². The van der Waals surface area contributed by atoms with Crippen molar-refractivity contribution in [1.29, 1.82) is 0 Å². The fraction of sp³-hybridized carbons (Fsp3) is 0.800. The molecule has 0 bridgehead atoms. The summed E-state index contributed by atoms with van der Waals surface area (Å²) in [6, 6.07) is 0.416. The molecule has 1 saturated heterocycles. The lowest BCUT2D eigenvalue weighted by Crippen LogP contribution is -2.42. The van der Waals surface area contributed by atoms with E-state index in [1.54, 1.807) is 0 Å². The smallest absolute Gasteiger partial charge is 0.0847 e. The Morgan fingerprint density at radius 3 is 2.90 bits per heavy atom. The number of ether oxygens (including phenoxy) is 1. The first kappa shape index (κ1) is 15.8.